The van der Waals surface area contributed by atoms with E-state index in [2.05, 4.69) is 9.97 Å². The van der Waals surface area contributed by atoms with Crippen LogP contribution in [0, 0.1) is 13.8 Å². The van der Waals surface area contributed by atoms with Crippen LogP contribution in [-0.4, -0.2) is 64.2 Å². The summed E-state index contributed by atoms with van der Waals surface area (Å²) in [4.78, 5) is 63.1. The van der Waals surface area contributed by atoms with Crippen molar-refractivity contribution in [3.63, 3.8) is 0 Å². The first kappa shape index (κ1) is 39.5. The van der Waals surface area contributed by atoms with Gasteiger partial charge in [0.1, 0.15) is 0 Å². The Morgan fingerprint density at radius 3 is 1.12 bits per heavy atom. The van der Waals surface area contributed by atoms with E-state index in [1.165, 1.54) is 0 Å². The van der Waals surface area contributed by atoms with E-state index in [9.17, 15) is 39.6 Å². The van der Waals surface area contributed by atoms with E-state index in [4.69, 9.17) is 9.97 Å². The number of aromatic nitrogens is 4. The van der Waals surface area contributed by atoms with Crippen molar-refractivity contribution in [2.45, 2.75) is 79.1 Å². The number of nitrogens with one attached hydrogen (secondary N) is 2. The summed E-state index contributed by atoms with van der Waals surface area (Å²) in [5, 5.41) is 38.0. The summed E-state index contributed by atoms with van der Waals surface area (Å²) in [5.41, 5.74) is 11.4. The Morgan fingerprint density at radius 2 is 0.800 bits per heavy atom. The molecular formula is C36H40Cl2N4O8. The van der Waals surface area contributed by atoms with Gasteiger partial charge in [-0.15, -0.1) is 24.8 Å². The fraction of sp³-hybridized carbons (Fsp3) is 0.333. The molecule has 0 unspecified atom stereocenters. The van der Waals surface area contributed by atoms with Crippen LogP contribution in [-0.2, 0) is 32.0 Å². The number of aryl methyl sites for hydroxylation is 4. The molecule has 0 amide bonds. The Hall–Kier alpha value is -4.94. The maximum Gasteiger partial charge on any atom is 0.303 e. The Labute approximate surface area is 300 Å². The topological polar surface area (TPSA) is 207 Å². The number of aliphatic carboxylic acids is 4. The van der Waals surface area contributed by atoms with Crippen LogP contribution in [0.3, 0.4) is 0 Å². The van der Waals surface area contributed by atoms with Gasteiger partial charge >= 0.3 is 23.9 Å². The molecule has 14 heteroatoms. The standard InChI is InChI=1S/C36H38N4O8.2ClH/c1-17-21(5-9-33(41)42)29-14-26-19(3)23(7-11-35(45)46)31(39-26)16-28-20(4)24(8-12-36(47)48)32(40-28)15-27-18(2)22(6-10-34(43)44)30(38-27)13-25(17)37-29;;/h13-16,37,40H,5-12H2,1-4H3,(H,41,42)(H,43,44)(H,45,46)(H,47,48);2*1H. The molecule has 0 aromatic carbocycles. The largest absolute Gasteiger partial charge is 0.481 e. The van der Waals surface area contributed by atoms with E-state index >= 15 is 0 Å². The molecule has 12 nitrogen and oxygen atoms in total. The van der Waals surface area contributed by atoms with Crippen LogP contribution in [0.15, 0.2) is 24.3 Å². The molecular weight excluding hydrogens is 687 g/mol. The number of carbonyl (C=O) groups is 4. The normalized spacial score (nSPS) is 12.4. The average Bonchev–Trinajstić information content (AvgIpc) is 3.66. The van der Waals surface area contributed by atoms with Gasteiger partial charge in [0.2, 0.25) is 0 Å². The lowest BCUT2D eigenvalue weighted by atomic mass is 9.99. The van der Waals surface area contributed by atoms with Crippen molar-refractivity contribution in [1.82, 2.24) is 19.9 Å². The van der Waals surface area contributed by atoms with E-state index in [0.717, 1.165) is 44.5 Å². The van der Waals surface area contributed by atoms with Gasteiger partial charge in [-0.2, -0.15) is 0 Å². The van der Waals surface area contributed by atoms with Gasteiger partial charge in [-0.05, 0) is 122 Å². The van der Waals surface area contributed by atoms with Crippen molar-refractivity contribution in [3.05, 3.63) is 69.3 Å². The van der Waals surface area contributed by atoms with E-state index in [0.29, 0.717) is 44.8 Å². The molecule has 0 atom stereocenters. The first-order valence-electron chi connectivity index (χ1n) is 15.7. The number of carboxylic acids is 4. The third-order valence-electron chi connectivity index (χ3n) is 9.16. The summed E-state index contributed by atoms with van der Waals surface area (Å²) < 4.78 is 0. The van der Waals surface area contributed by atoms with E-state index in [1.54, 1.807) is 0 Å². The Kier molecular flexibility index (Phi) is 12.8. The number of H-pyrrole nitrogens is 2. The molecule has 5 rings (SSSR count). The van der Waals surface area contributed by atoms with Gasteiger partial charge in [-0.25, -0.2) is 9.97 Å². The van der Waals surface area contributed by atoms with Gasteiger partial charge in [0.15, 0.2) is 0 Å². The van der Waals surface area contributed by atoms with Crippen molar-refractivity contribution in [1.29, 1.82) is 0 Å². The molecule has 8 bridgehead atoms. The molecule has 2 aliphatic rings. The predicted molar refractivity (Wildman–Crippen MR) is 196 cm³/mol. The van der Waals surface area contributed by atoms with E-state index < -0.39 is 23.9 Å². The van der Waals surface area contributed by atoms with Crippen LogP contribution in [0.1, 0.15) is 97.4 Å². The van der Waals surface area contributed by atoms with Gasteiger partial charge < -0.3 is 30.4 Å². The minimum absolute atomic E-state index is 0. The molecule has 266 valence electrons. The number of carboxylic acid groups (broad SMARTS) is 4. The van der Waals surface area contributed by atoms with Gasteiger partial charge in [-0.3, -0.25) is 19.2 Å². The molecule has 50 heavy (non-hydrogen) atoms. The molecule has 3 aromatic rings. The smallest absolute Gasteiger partial charge is 0.303 e. The number of hydrogen-bond donors (Lipinski definition) is 6. The summed E-state index contributed by atoms with van der Waals surface area (Å²) in [6.07, 6.45) is 0.606. The lowest BCUT2D eigenvalue weighted by Gasteiger charge is -2.03. The van der Waals surface area contributed by atoms with Gasteiger partial charge in [-0.1, -0.05) is 0 Å². The second kappa shape index (κ2) is 16.2. The van der Waals surface area contributed by atoms with Crippen molar-refractivity contribution in [2.24, 2.45) is 0 Å². The van der Waals surface area contributed by atoms with Crippen molar-refractivity contribution in [2.75, 3.05) is 0 Å². The summed E-state index contributed by atoms with van der Waals surface area (Å²) in [5.74, 6) is -3.75. The highest BCUT2D eigenvalue weighted by Crippen LogP contribution is 2.37. The maximum atomic E-state index is 11.6. The van der Waals surface area contributed by atoms with Crippen LogP contribution in [0.25, 0.3) is 44.4 Å². The third-order valence-corrected chi connectivity index (χ3v) is 9.16. The molecule has 0 saturated carbocycles. The number of fused-ring (bicyclic) bond motifs is 8. The highest BCUT2D eigenvalue weighted by Gasteiger charge is 2.22. The molecule has 6 N–H and O–H groups in total. The molecule has 2 aliphatic heterocycles. The Morgan fingerprint density at radius 1 is 0.500 bits per heavy atom. The molecule has 3 aromatic heterocycles. The molecule has 0 spiro atoms. The third kappa shape index (κ3) is 8.43. The van der Waals surface area contributed by atoms with Gasteiger partial charge in [0, 0.05) is 47.8 Å². The Bertz CT molecular complexity index is 1960. The molecule has 0 radical (unpaired) electrons. The quantitative estimate of drug-likeness (QED) is 0.109. The SMILES string of the molecule is CC1=C(CCC(=O)O)c2cc3[nH]c(cc4nc(cc5[nH]c(cc1n2)c(CCC(=O)O)c5C)C(CCC(=O)O)=C4C)c(CCC(=O)O)c3C.Cl.Cl. The average molecular weight is 728 g/mol. The number of nitrogens with zero attached hydrogens (tertiary/aromatic N) is 2. The number of hydrogen-bond acceptors (Lipinski definition) is 6. The van der Waals surface area contributed by atoms with Gasteiger partial charge in [0.25, 0.3) is 0 Å². The van der Waals surface area contributed by atoms with Crippen LogP contribution < -0.4 is 0 Å². The fourth-order valence-corrected chi connectivity index (χ4v) is 6.42. The lowest BCUT2D eigenvalue weighted by Crippen LogP contribution is -1.98. The minimum atomic E-state index is -0.940. The van der Waals surface area contributed by atoms with Crippen molar-refractivity contribution >= 4 is 93.1 Å². The molecule has 5 heterocycles. The van der Waals surface area contributed by atoms with Crippen LogP contribution in [0.4, 0.5) is 0 Å². The van der Waals surface area contributed by atoms with Crippen molar-refractivity contribution < 1.29 is 39.6 Å². The van der Waals surface area contributed by atoms with Gasteiger partial charge in [0.05, 0.1) is 22.8 Å². The highest BCUT2D eigenvalue weighted by molar-refractivity contribution is 5.96. The zero-order valence-corrected chi connectivity index (χ0v) is 29.7. The number of allylic oxidation sites excluding steroid dienone is 4. The summed E-state index contributed by atoms with van der Waals surface area (Å²) >= 11 is 0. The summed E-state index contributed by atoms with van der Waals surface area (Å²) in [6, 6.07) is 7.40. The first-order chi connectivity index (χ1) is 22.7. The molecule has 0 saturated heterocycles. The highest BCUT2D eigenvalue weighted by atomic mass is 35.5. The van der Waals surface area contributed by atoms with E-state index in [1.807, 2.05) is 52.0 Å². The minimum Gasteiger partial charge on any atom is -0.481 e. The predicted octanol–water partition coefficient (Wildman–Crippen LogP) is 7.40. The van der Waals surface area contributed by atoms with Crippen LogP contribution >= 0.6 is 24.8 Å². The zero-order valence-electron chi connectivity index (χ0n) is 28.1. The maximum absolute atomic E-state index is 11.6. The summed E-state index contributed by atoms with van der Waals surface area (Å²) in [6.45, 7) is 7.55. The second-order valence-corrected chi connectivity index (χ2v) is 12.2. The zero-order chi connectivity index (χ0) is 34.9. The van der Waals surface area contributed by atoms with Crippen LogP contribution in [0.5, 0.6) is 0 Å². The lowest BCUT2D eigenvalue weighted by molar-refractivity contribution is -0.138. The fourth-order valence-electron chi connectivity index (χ4n) is 6.42. The first-order valence-corrected chi connectivity index (χ1v) is 15.7. The van der Waals surface area contributed by atoms with E-state index in [-0.39, 0.29) is 76.2 Å². The number of aromatic amines is 2. The molecule has 0 fully saturated rings. The monoisotopic (exact) mass is 726 g/mol. The number of halogens is 2. The Balaban J connectivity index is 0.00000338. The number of rotatable bonds is 12. The van der Waals surface area contributed by atoms with Crippen LogP contribution in [0.2, 0.25) is 0 Å². The second-order valence-electron chi connectivity index (χ2n) is 12.2. The summed E-state index contributed by atoms with van der Waals surface area (Å²) in [7, 11) is 0. The van der Waals surface area contributed by atoms with Crippen molar-refractivity contribution in [3.8, 4) is 0 Å². The molecule has 0 aliphatic carbocycles.